The molecule has 0 aliphatic carbocycles. The Labute approximate surface area is 164 Å². The largest absolute Gasteiger partial charge is 0.456 e. The molecule has 28 heavy (non-hydrogen) atoms. The summed E-state index contributed by atoms with van der Waals surface area (Å²) in [5.74, 6) is 0. The minimum absolute atomic E-state index is 0.927. The van der Waals surface area contributed by atoms with Crippen LogP contribution in [0.25, 0.3) is 33.1 Å². The summed E-state index contributed by atoms with van der Waals surface area (Å²) in [5.41, 5.74) is 6.69. The lowest BCUT2D eigenvalue weighted by Gasteiger charge is -2.23. The van der Waals surface area contributed by atoms with Crippen LogP contribution in [-0.2, 0) is 0 Å². The first-order valence-electron chi connectivity index (χ1n) is 9.68. The van der Waals surface area contributed by atoms with Gasteiger partial charge in [0.25, 0.3) is 0 Å². The van der Waals surface area contributed by atoms with Crippen LogP contribution in [0.5, 0.6) is 0 Å². The van der Waals surface area contributed by atoms with E-state index in [0.29, 0.717) is 0 Å². The molecule has 0 bridgehead atoms. The van der Waals surface area contributed by atoms with Gasteiger partial charge in [-0.15, -0.1) is 0 Å². The molecular formula is C26H21NO. The van der Waals surface area contributed by atoms with Crippen molar-refractivity contribution >= 4 is 33.3 Å². The quantitative estimate of drug-likeness (QED) is 0.330. The summed E-state index contributed by atoms with van der Waals surface area (Å²) in [4.78, 5) is 2.32. The molecule has 0 atom stereocenters. The van der Waals surface area contributed by atoms with Crippen molar-refractivity contribution in [1.29, 1.82) is 0 Å². The minimum atomic E-state index is 0.927. The number of benzene rings is 4. The second-order valence-electron chi connectivity index (χ2n) is 6.94. The summed E-state index contributed by atoms with van der Waals surface area (Å²) < 4.78 is 5.95. The van der Waals surface area contributed by atoms with Gasteiger partial charge in [0.05, 0.1) is 0 Å². The Hall–Kier alpha value is -3.52. The van der Waals surface area contributed by atoms with E-state index in [9.17, 15) is 0 Å². The third-order valence-electron chi connectivity index (χ3n) is 5.27. The van der Waals surface area contributed by atoms with E-state index in [1.807, 2.05) is 12.1 Å². The van der Waals surface area contributed by atoms with Crippen LogP contribution in [0, 0.1) is 0 Å². The molecule has 1 aromatic heterocycles. The van der Waals surface area contributed by atoms with Crippen molar-refractivity contribution in [2.24, 2.45) is 0 Å². The molecule has 0 radical (unpaired) electrons. The number of furan rings is 1. The van der Waals surface area contributed by atoms with Gasteiger partial charge in [-0.25, -0.2) is 0 Å². The Kier molecular flexibility index (Phi) is 4.10. The highest BCUT2D eigenvalue weighted by atomic mass is 16.3. The van der Waals surface area contributed by atoms with Gasteiger partial charge in [-0.3, -0.25) is 0 Å². The van der Waals surface area contributed by atoms with Gasteiger partial charge >= 0.3 is 0 Å². The van der Waals surface area contributed by atoms with Crippen LogP contribution in [0.3, 0.4) is 0 Å². The molecule has 2 heteroatoms. The lowest BCUT2D eigenvalue weighted by Crippen LogP contribution is -2.15. The van der Waals surface area contributed by atoms with Crippen molar-refractivity contribution in [3.05, 3.63) is 97.1 Å². The molecular weight excluding hydrogens is 342 g/mol. The normalized spacial score (nSPS) is 11.2. The average Bonchev–Trinajstić information content (AvgIpc) is 3.13. The molecule has 0 fully saturated rings. The lowest BCUT2D eigenvalue weighted by atomic mass is 10.0. The van der Waals surface area contributed by atoms with Crippen LogP contribution >= 0.6 is 0 Å². The monoisotopic (exact) mass is 363 g/mol. The summed E-state index contributed by atoms with van der Waals surface area (Å²) >= 11 is 0. The van der Waals surface area contributed by atoms with Gasteiger partial charge in [-0.05, 0) is 60.5 Å². The van der Waals surface area contributed by atoms with Gasteiger partial charge in [0.2, 0.25) is 0 Å². The molecule has 5 rings (SSSR count). The van der Waals surface area contributed by atoms with Crippen LogP contribution < -0.4 is 4.90 Å². The Morgan fingerprint density at radius 1 is 0.607 bits per heavy atom. The lowest BCUT2D eigenvalue weighted by molar-refractivity contribution is 0.669. The molecule has 5 aromatic rings. The fraction of sp³-hybridized carbons (Fsp3) is 0.0769. The van der Waals surface area contributed by atoms with Crippen LogP contribution in [0.2, 0.25) is 0 Å². The second-order valence-corrected chi connectivity index (χ2v) is 6.94. The van der Waals surface area contributed by atoms with E-state index in [0.717, 1.165) is 28.5 Å². The number of anilines is 2. The first-order valence-corrected chi connectivity index (χ1v) is 9.68. The molecule has 0 aliphatic rings. The summed E-state index contributed by atoms with van der Waals surface area (Å²) in [7, 11) is 0. The Morgan fingerprint density at radius 3 is 2.04 bits per heavy atom. The molecule has 0 unspecified atom stereocenters. The summed E-state index contributed by atoms with van der Waals surface area (Å²) in [5, 5.41) is 2.33. The average molecular weight is 363 g/mol. The third-order valence-corrected chi connectivity index (χ3v) is 5.27. The maximum atomic E-state index is 5.95. The highest BCUT2D eigenvalue weighted by Gasteiger charge is 2.10. The summed E-state index contributed by atoms with van der Waals surface area (Å²) in [6, 6.07) is 33.9. The van der Waals surface area contributed by atoms with Gasteiger partial charge in [0.15, 0.2) is 0 Å². The molecule has 0 aliphatic heterocycles. The molecule has 0 spiro atoms. The maximum Gasteiger partial charge on any atom is 0.135 e. The SMILES string of the molecule is CCN(c1ccccc1)c1ccc(-c2ccc3oc4ccccc4c3c2)cc1. The van der Waals surface area contributed by atoms with E-state index in [1.54, 1.807) is 0 Å². The molecule has 0 saturated carbocycles. The van der Waals surface area contributed by atoms with E-state index in [1.165, 1.54) is 22.5 Å². The summed E-state index contributed by atoms with van der Waals surface area (Å²) in [6.07, 6.45) is 0. The summed E-state index contributed by atoms with van der Waals surface area (Å²) in [6.45, 7) is 3.11. The van der Waals surface area contributed by atoms with E-state index in [2.05, 4.69) is 96.8 Å². The first-order chi connectivity index (χ1) is 13.8. The van der Waals surface area contributed by atoms with Crippen molar-refractivity contribution in [1.82, 2.24) is 0 Å². The van der Waals surface area contributed by atoms with Crippen LogP contribution in [-0.4, -0.2) is 6.54 Å². The zero-order chi connectivity index (χ0) is 18.9. The van der Waals surface area contributed by atoms with Crippen molar-refractivity contribution in [2.75, 3.05) is 11.4 Å². The molecule has 0 amide bonds. The van der Waals surface area contributed by atoms with Crippen molar-refractivity contribution in [3.8, 4) is 11.1 Å². The predicted molar refractivity (Wildman–Crippen MR) is 118 cm³/mol. The van der Waals surface area contributed by atoms with E-state index < -0.39 is 0 Å². The van der Waals surface area contributed by atoms with Crippen molar-refractivity contribution < 1.29 is 4.42 Å². The Balaban J connectivity index is 1.52. The van der Waals surface area contributed by atoms with Gasteiger partial charge in [0.1, 0.15) is 11.2 Å². The molecule has 2 nitrogen and oxygen atoms in total. The zero-order valence-electron chi connectivity index (χ0n) is 15.8. The Bertz CT molecular complexity index is 1240. The molecule has 1 heterocycles. The number of rotatable bonds is 4. The number of fused-ring (bicyclic) bond motifs is 3. The molecule has 0 N–H and O–H groups in total. The maximum absolute atomic E-state index is 5.95. The van der Waals surface area contributed by atoms with Crippen molar-refractivity contribution in [3.63, 3.8) is 0 Å². The van der Waals surface area contributed by atoms with E-state index >= 15 is 0 Å². The van der Waals surface area contributed by atoms with Crippen LogP contribution in [0.4, 0.5) is 11.4 Å². The molecule has 136 valence electrons. The molecule has 4 aromatic carbocycles. The first kappa shape index (κ1) is 16.6. The minimum Gasteiger partial charge on any atom is -0.456 e. The van der Waals surface area contributed by atoms with Crippen LogP contribution in [0.15, 0.2) is 101 Å². The third kappa shape index (κ3) is 2.84. The number of para-hydroxylation sites is 2. The van der Waals surface area contributed by atoms with Gasteiger partial charge in [0, 0.05) is 28.7 Å². The van der Waals surface area contributed by atoms with E-state index in [4.69, 9.17) is 4.42 Å². The number of hydrogen-bond donors (Lipinski definition) is 0. The van der Waals surface area contributed by atoms with E-state index in [-0.39, 0.29) is 0 Å². The van der Waals surface area contributed by atoms with Crippen LogP contribution in [0.1, 0.15) is 6.92 Å². The van der Waals surface area contributed by atoms with Gasteiger partial charge < -0.3 is 9.32 Å². The van der Waals surface area contributed by atoms with Gasteiger partial charge in [-0.2, -0.15) is 0 Å². The number of nitrogens with zero attached hydrogens (tertiary/aromatic N) is 1. The van der Waals surface area contributed by atoms with Gasteiger partial charge in [-0.1, -0.05) is 54.6 Å². The number of hydrogen-bond acceptors (Lipinski definition) is 2. The second kappa shape index (κ2) is 6.90. The predicted octanol–water partition coefficient (Wildman–Crippen LogP) is 7.41. The fourth-order valence-electron chi connectivity index (χ4n) is 3.86. The highest BCUT2D eigenvalue weighted by molar-refractivity contribution is 6.06. The Morgan fingerprint density at radius 2 is 1.25 bits per heavy atom. The highest BCUT2D eigenvalue weighted by Crippen LogP contribution is 2.33. The topological polar surface area (TPSA) is 16.4 Å². The molecule has 0 saturated heterocycles. The smallest absolute Gasteiger partial charge is 0.135 e. The zero-order valence-corrected chi connectivity index (χ0v) is 15.8. The van der Waals surface area contributed by atoms with Crippen molar-refractivity contribution in [2.45, 2.75) is 6.92 Å². The fourth-order valence-corrected chi connectivity index (χ4v) is 3.86. The standard InChI is InChI=1S/C26H21NO/c1-2-27(21-8-4-3-5-9-21)22-15-12-19(13-16-22)20-14-17-26-24(18-20)23-10-6-7-11-25(23)28-26/h3-18H,2H2,1H3.